The minimum Gasteiger partial charge on any atom is -0.445 e. The third-order valence-corrected chi connectivity index (χ3v) is 3.91. The van der Waals surface area contributed by atoms with Crippen molar-refractivity contribution in [3.8, 4) is 0 Å². The number of anilines is 1. The van der Waals surface area contributed by atoms with Gasteiger partial charge in [-0.05, 0) is 13.0 Å². The second-order valence-electron chi connectivity index (χ2n) is 5.94. The van der Waals surface area contributed by atoms with Crippen molar-refractivity contribution in [2.24, 2.45) is 0 Å². The van der Waals surface area contributed by atoms with Gasteiger partial charge in [0.2, 0.25) is 5.95 Å². The number of aromatic nitrogens is 3. The summed E-state index contributed by atoms with van der Waals surface area (Å²) < 4.78 is 5.59. The van der Waals surface area contributed by atoms with Crippen LogP contribution in [-0.4, -0.2) is 51.9 Å². The summed E-state index contributed by atoms with van der Waals surface area (Å²) in [6.45, 7) is 8.46. The van der Waals surface area contributed by atoms with Crippen molar-refractivity contribution in [3.63, 3.8) is 0 Å². The Bertz CT molecular complexity index is 675. The molecule has 0 atom stereocenters. The molecule has 23 heavy (non-hydrogen) atoms. The molecule has 0 radical (unpaired) electrons. The van der Waals surface area contributed by atoms with Crippen LogP contribution < -0.4 is 4.90 Å². The number of oxazole rings is 1. The van der Waals surface area contributed by atoms with E-state index < -0.39 is 0 Å². The molecule has 0 bridgehead atoms. The van der Waals surface area contributed by atoms with Gasteiger partial charge in [-0.25, -0.2) is 15.0 Å². The number of aryl methyl sites for hydroxylation is 1. The summed E-state index contributed by atoms with van der Waals surface area (Å²) in [5.74, 6) is 2.02. The molecule has 1 fully saturated rings. The van der Waals surface area contributed by atoms with Gasteiger partial charge in [0.1, 0.15) is 5.76 Å². The van der Waals surface area contributed by atoms with Crippen molar-refractivity contribution in [1.29, 1.82) is 0 Å². The molecular weight excluding hydrogens is 294 g/mol. The van der Waals surface area contributed by atoms with Gasteiger partial charge in [-0.1, -0.05) is 13.8 Å². The average molecular weight is 315 g/mol. The molecule has 0 N–H and O–H groups in total. The van der Waals surface area contributed by atoms with Crippen LogP contribution in [0.15, 0.2) is 22.9 Å². The molecule has 0 spiro atoms. The van der Waals surface area contributed by atoms with Gasteiger partial charge in [-0.3, -0.25) is 4.79 Å². The summed E-state index contributed by atoms with van der Waals surface area (Å²) in [7, 11) is 0. The third kappa shape index (κ3) is 3.18. The van der Waals surface area contributed by atoms with Gasteiger partial charge >= 0.3 is 0 Å². The minimum absolute atomic E-state index is 0.0632. The van der Waals surface area contributed by atoms with Crippen LogP contribution in [0.3, 0.4) is 0 Å². The predicted octanol–water partition coefficient (Wildman–Crippen LogP) is 1.86. The van der Waals surface area contributed by atoms with E-state index in [1.54, 1.807) is 25.4 Å². The summed E-state index contributed by atoms with van der Waals surface area (Å²) in [5, 5.41) is 0. The fourth-order valence-electron chi connectivity index (χ4n) is 2.58. The molecule has 7 heteroatoms. The Morgan fingerprint density at radius 3 is 2.39 bits per heavy atom. The second-order valence-corrected chi connectivity index (χ2v) is 5.94. The highest BCUT2D eigenvalue weighted by Crippen LogP contribution is 2.20. The SMILES string of the molecule is Cc1oc(C(C)C)nc1C(=O)N1CCN(c2ncccn2)CC1. The molecule has 122 valence electrons. The summed E-state index contributed by atoms with van der Waals surface area (Å²) in [5.41, 5.74) is 0.429. The monoisotopic (exact) mass is 315 g/mol. The Hall–Kier alpha value is -2.44. The van der Waals surface area contributed by atoms with Gasteiger partial charge in [-0.2, -0.15) is 0 Å². The van der Waals surface area contributed by atoms with Crippen LogP contribution in [0, 0.1) is 6.92 Å². The molecule has 2 aromatic heterocycles. The van der Waals surface area contributed by atoms with Crippen molar-refractivity contribution in [1.82, 2.24) is 19.9 Å². The number of rotatable bonds is 3. The smallest absolute Gasteiger partial charge is 0.276 e. The number of piperazine rings is 1. The standard InChI is InChI=1S/C16H21N5O2/c1-11(2)14-19-13(12(3)23-14)15(22)20-7-9-21(10-8-20)16-17-5-4-6-18-16/h4-6,11H,7-10H2,1-3H3. The molecule has 0 aromatic carbocycles. The normalized spacial score (nSPS) is 15.3. The van der Waals surface area contributed by atoms with E-state index in [0.717, 1.165) is 0 Å². The first kappa shape index (κ1) is 15.5. The lowest BCUT2D eigenvalue weighted by molar-refractivity contribution is 0.0739. The van der Waals surface area contributed by atoms with E-state index in [-0.39, 0.29) is 11.8 Å². The number of nitrogens with zero attached hydrogens (tertiary/aromatic N) is 5. The lowest BCUT2D eigenvalue weighted by Crippen LogP contribution is -2.49. The zero-order valence-electron chi connectivity index (χ0n) is 13.7. The second kappa shape index (κ2) is 6.36. The van der Waals surface area contributed by atoms with Gasteiger partial charge in [0, 0.05) is 44.5 Å². The van der Waals surface area contributed by atoms with E-state index in [2.05, 4.69) is 19.9 Å². The summed E-state index contributed by atoms with van der Waals surface area (Å²) in [6.07, 6.45) is 3.46. The Kier molecular flexibility index (Phi) is 4.27. The Morgan fingerprint density at radius 1 is 1.17 bits per heavy atom. The van der Waals surface area contributed by atoms with Crippen LogP contribution in [0.4, 0.5) is 5.95 Å². The first-order chi connectivity index (χ1) is 11.1. The number of amides is 1. The van der Waals surface area contributed by atoms with Crippen LogP contribution >= 0.6 is 0 Å². The molecule has 1 amide bonds. The van der Waals surface area contributed by atoms with E-state index in [0.29, 0.717) is 49.5 Å². The van der Waals surface area contributed by atoms with Crippen molar-refractivity contribution in [2.45, 2.75) is 26.7 Å². The first-order valence-electron chi connectivity index (χ1n) is 7.85. The van der Waals surface area contributed by atoms with Crippen molar-refractivity contribution < 1.29 is 9.21 Å². The molecule has 3 rings (SSSR count). The molecule has 1 aliphatic heterocycles. The third-order valence-electron chi connectivity index (χ3n) is 3.91. The van der Waals surface area contributed by atoms with Crippen LogP contribution in [-0.2, 0) is 0 Å². The zero-order chi connectivity index (χ0) is 16.4. The highest BCUT2D eigenvalue weighted by Gasteiger charge is 2.27. The Balaban J connectivity index is 1.67. The van der Waals surface area contributed by atoms with Crippen LogP contribution in [0.2, 0.25) is 0 Å². The van der Waals surface area contributed by atoms with Gasteiger partial charge in [0.15, 0.2) is 11.6 Å². The van der Waals surface area contributed by atoms with Crippen LogP contribution in [0.25, 0.3) is 0 Å². The topological polar surface area (TPSA) is 75.4 Å². The van der Waals surface area contributed by atoms with Gasteiger partial charge < -0.3 is 14.2 Å². The molecule has 1 saturated heterocycles. The number of carbonyl (C=O) groups excluding carboxylic acids is 1. The summed E-state index contributed by atoms with van der Waals surface area (Å²) >= 11 is 0. The quantitative estimate of drug-likeness (QED) is 0.860. The molecule has 2 aromatic rings. The maximum absolute atomic E-state index is 12.7. The fraction of sp³-hybridized carbons (Fsp3) is 0.500. The number of hydrogen-bond acceptors (Lipinski definition) is 6. The lowest BCUT2D eigenvalue weighted by atomic mass is 10.2. The largest absolute Gasteiger partial charge is 0.445 e. The first-order valence-corrected chi connectivity index (χ1v) is 7.85. The minimum atomic E-state index is -0.0632. The molecule has 3 heterocycles. The zero-order valence-corrected chi connectivity index (χ0v) is 13.7. The van der Waals surface area contributed by atoms with Crippen molar-refractivity contribution in [3.05, 3.63) is 35.8 Å². The maximum Gasteiger partial charge on any atom is 0.276 e. The molecule has 7 nitrogen and oxygen atoms in total. The van der Waals surface area contributed by atoms with E-state index >= 15 is 0 Å². The highest BCUT2D eigenvalue weighted by molar-refractivity contribution is 5.93. The van der Waals surface area contributed by atoms with E-state index in [4.69, 9.17) is 4.42 Å². The van der Waals surface area contributed by atoms with E-state index in [1.165, 1.54) is 0 Å². The van der Waals surface area contributed by atoms with E-state index in [1.807, 2.05) is 18.7 Å². The van der Waals surface area contributed by atoms with Crippen LogP contribution in [0.5, 0.6) is 0 Å². The maximum atomic E-state index is 12.7. The van der Waals surface area contributed by atoms with Gasteiger partial charge in [0.25, 0.3) is 5.91 Å². The summed E-state index contributed by atoms with van der Waals surface area (Å²) in [6, 6.07) is 1.79. The lowest BCUT2D eigenvalue weighted by Gasteiger charge is -2.34. The van der Waals surface area contributed by atoms with Crippen LogP contribution in [0.1, 0.15) is 41.9 Å². The van der Waals surface area contributed by atoms with Gasteiger partial charge in [-0.15, -0.1) is 0 Å². The predicted molar refractivity (Wildman–Crippen MR) is 85.5 cm³/mol. The molecule has 0 saturated carbocycles. The molecular formula is C16H21N5O2. The van der Waals surface area contributed by atoms with Gasteiger partial charge in [0.05, 0.1) is 0 Å². The molecule has 0 aliphatic carbocycles. The van der Waals surface area contributed by atoms with E-state index in [9.17, 15) is 4.79 Å². The average Bonchev–Trinajstić information content (AvgIpc) is 2.97. The fourth-order valence-corrected chi connectivity index (χ4v) is 2.58. The van der Waals surface area contributed by atoms with Crippen molar-refractivity contribution in [2.75, 3.05) is 31.1 Å². The Morgan fingerprint density at radius 2 is 1.83 bits per heavy atom. The molecule has 0 unspecified atom stereocenters. The molecule has 1 aliphatic rings. The Labute approximate surface area is 135 Å². The summed E-state index contributed by atoms with van der Waals surface area (Å²) in [4.78, 5) is 29.4. The number of carbonyl (C=O) groups is 1. The highest BCUT2D eigenvalue weighted by atomic mass is 16.4. The number of hydrogen-bond donors (Lipinski definition) is 0. The van der Waals surface area contributed by atoms with Crippen molar-refractivity contribution >= 4 is 11.9 Å².